The van der Waals surface area contributed by atoms with Crippen LogP contribution in [-0.2, 0) is 4.79 Å². The van der Waals surface area contributed by atoms with E-state index in [2.05, 4.69) is 0 Å². The van der Waals surface area contributed by atoms with Crippen LogP contribution < -0.4 is 0 Å². The van der Waals surface area contributed by atoms with E-state index in [1.807, 2.05) is 0 Å². The highest BCUT2D eigenvalue weighted by Crippen LogP contribution is 2.28. The SMILES string of the molecule is O=C1[C@@H](O)C(O)S[C@@H](CO)[C@H]1O. The highest BCUT2D eigenvalue weighted by atomic mass is 32.2. The van der Waals surface area contributed by atoms with Crippen LogP contribution in [0.25, 0.3) is 0 Å². The fourth-order valence-corrected chi connectivity index (χ4v) is 1.98. The smallest absolute Gasteiger partial charge is 0.194 e. The third-order valence-corrected chi connectivity index (χ3v) is 2.99. The number of aliphatic hydroxyl groups excluding tert-OH is 4. The predicted molar refractivity (Wildman–Crippen MR) is 41.5 cm³/mol. The summed E-state index contributed by atoms with van der Waals surface area (Å²) in [6.07, 6.45) is -2.94. The van der Waals surface area contributed by atoms with Crippen molar-refractivity contribution in [3.8, 4) is 0 Å². The van der Waals surface area contributed by atoms with E-state index in [9.17, 15) is 4.79 Å². The van der Waals surface area contributed by atoms with E-state index in [1.54, 1.807) is 0 Å². The molecule has 0 bridgehead atoms. The molecule has 4 N–H and O–H groups in total. The molecule has 5 nitrogen and oxygen atoms in total. The molecule has 0 radical (unpaired) electrons. The van der Waals surface area contributed by atoms with Crippen molar-refractivity contribution in [3.63, 3.8) is 0 Å². The molecule has 1 aliphatic heterocycles. The third-order valence-electron chi connectivity index (χ3n) is 1.70. The Hall–Kier alpha value is -0.140. The first-order chi connectivity index (χ1) is 5.57. The first-order valence-corrected chi connectivity index (χ1v) is 4.36. The second kappa shape index (κ2) is 3.71. The van der Waals surface area contributed by atoms with E-state index in [0.717, 1.165) is 11.8 Å². The van der Waals surface area contributed by atoms with Crippen LogP contribution in [0.4, 0.5) is 0 Å². The third kappa shape index (κ3) is 1.62. The molecule has 0 aromatic rings. The van der Waals surface area contributed by atoms with Gasteiger partial charge in [0.1, 0.15) is 11.5 Å². The van der Waals surface area contributed by atoms with Gasteiger partial charge in [0.15, 0.2) is 11.9 Å². The number of aliphatic hydroxyl groups is 4. The lowest BCUT2D eigenvalue weighted by Gasteiger charge is -2.31. The average Bonchev–Trinajstić information content (AvgIpc) is 2.08. The van der Waals surface area contributed by atoms with Gasteiger partial charge in [0.2, 0.25) is 0 Å². The quantitative estimate of drug-likeness (QED) is 0.375. The summed E-state index contributed by atoms with van der Waals surface area (Å²) in [4.78, 5) is 10.9. The molecular formula is C6H10O5S. The van der Waals surface area contributed by atoms with Crippen LogP contribution in [0.5, 0.6) is 0 Å². The van der Waals surface area contributed by atoms with Crippen molar-refractivity contribution in [3.05, 3.63) is 0 Å². The Morgan fingerprint density at radius 2 is 1.83 bits per heavy atom. The standard InChI is InChI=1S/C6H10O5S/c7-1-2-3(8)4(9)5(10)6(11)12-2/h2-3,5-8,10-11H,1H2/t2-,3+,5+,6?/m0/s1. The van der Waals surface area contributed by atoms with Crippen molar-refractivity contribution >= 4 is 17.5 Å². The maximum atomic E-state index is 10.9. The summed E-state index contributed by atoms with van der Waals surface area (Å²) in [5.41, 5.74) is -1.25. The highest BCUT2D eigenvalue weighted by Gasteiger charge is 2.41. The van der Waals surface area contributed by atoms with Gasteiger partial charge in [0.05, 0.1) is 11.9 Å². The van der Waals surface area contributed by atoms with Gasteiger partial charge in [-0.2, -0.15) is 0 Å². The van der Waals surface area contributed by atoms with Crippen LogP contribution in [0.1, 0.15) is 0 Å². The molecule has 12 heavy (non-hydrogen) atoms. The summed E-state index contributed by atoms with van der Waals surface area (Å²) in [6.45, 7) is -0.401. The van der Waals surface area contributed by atoms with E-state index in [4.69, 9.17) is 20.4 Å². The van der Waals surface area contributed by atoms with Gasteiger partial charge < -0.3 is 20.4 Å². The maximum absolute atomic E-state index is 10.9. The van der Waals surface area contributed by atoms with Gasteiger partial charge in [-0.1, -0.05) is 0 Å². The minimum atomic E-state index is -1.55. The zero-order valence-corrected chi connectivity index (χ0v) is 6.94. The van der Waals surface area contributed by atoms with Gasteiger partial charge in [0.25, 0.3) is 0 Å². The van der Waals surface area contributed by atoms with E-state index < -0.39 is 35.3 Å². The summed E-state index contributed by atoms with van der Waals surface area (Å²) < 4.78 is 0. The Kier molecular flexibility index (Phi) is 3.08. The van der Waals surface area contributed by atoms with Crippen molar-refractivity contribution in [2.24, 2.45) is 0 Å². The normalized spacial score (nSPS) is 43.2. The molecule has 1 unspecified atom stereocenters. The first kappa shape index (κ1) is 9.94. The number of carbonyl (C=O) groups excluding carboxylic acids is 1. The van der Waals surface area contributed by atoms with Gasteiger partial charge in [-0.25, -0.2) is 0 Å². The molecule has 70 valence electrons. The van der Waals surface area contributed by atoms with Gasteiger partial charge in [-0.15, -0.1) is 11.8 Å². The lowest BCUT2D eigenvalue weighted by molar-refractivity contribution is -0.140. The molecular weight excluding hydrogens is 184 g/mol. The molecule has 1 aliphatic rings. The number of thioether (sulfide) groups is 1. The molecule has 0 aliphatic carbocycles. The molecule has 0 saturated carbocycles. The zero-order chi connectivity index (χ0) is 9.30. The van der Waals surface area contributed by atoms with Gasteiger partial charge in [-0.05, 0) is 0 Å². The summed E-state index contributed by atoms with van der Waals surface area (Å²) in [6, 6.07) is 0. The molecule has 1 rings (SSSR count). The fraction of sp³-hybridized carbons (Fsp3) is 0.833. The highest BCUT2D eigenvalue weighted by molar-refractivity contribution is 8.00. The summed E-state index contributed by atoms with van der Waals surface area (Å²) >= 11 is 0.791. The molecule has 0 aromatic heterocycles. The summed E-state index contributed by atoms with van der Waals surface area (Å²) in [5.74, 6) is -0.833. The fourth-order valence-electron chi connectivity index (χ4n) is 0.969. The molecule has 0 aromatic carbocycles. The minimum Gasteiger partial charge on any atom is -0.395 e. The van der Waals surface area contributed by atoms with E-state index in [-0.39, 0.29) is 0 Å². The number of hydrogen-bond acceptors (Lipinski definition) is 6. The number of carbonyl (C=O) groups is 1. The van der Waals surface area contributed by atoms with Crippen LogP contribution in [0.3, 0.4) is 0 Å². The van der Waals surface area contributed by atoms with Crippen LogP contribution in [0.2, 0.25) is 0 Å². The second-order valence-electron chi connectivity index (χ2n) is 2.54. The van der Waals surface area contributed by atoms with Crippen LogP contribution in [0.15, 0.2) is 0 Å². The Balaban J connectivity index is 2.70. The lowest BCUT2D eigenvalue weighted by Crippen LogP contribution is -2.50. The Morgan fingerprint density at radius 3 is 2.33 bits per heavy atom. The lowest BCUT2D eigenvalue weighted by atomic mass is 10.1. The first-order valence-electron chi connectivity index (χ1n) is 3.42. The molecule has 0 amide bonds. The molecule has 4 atom stereocenters. The number of Topliss-reactive ketones (excluding diaryl/α,β-unsaturated/α-hetero) is 1. The van der Waals surface area contributed by atoms with Crippen molar-refractivity contribution < 1.29 is 25.2 Å². The Labute approximate surface area is 73.0 Å². The van der Waals surface area contributed by atoms with Crippen molar-refractivity contribution in [2.75, 3.05) is 6.61 Å². The molecule has 1 fully saturated rings. The number of hydrogen-bond donors (Lipinski definition) is 4. The second-order valence-corrected chi connectivity index (χ2v) is 3.90. The van der Waals surface area contributed by atoms with Gasteiger partial charge >= 0.3 is 0 Å². The van der Waals surface area contributed by atoms with Crippen LogP contribution in [-0.4, -0.2) is 55.7 Å². The van der Waals surface area contributed by atoms with Gasteiger partial charge in [-0.3, -0.25) is 4.79 Å². The van der Waals surface area contributed by atoms with E-state index in [1.165, 1.54) is 0 Å². The van der Waals surface area contributed by atoms with Crippen molar-refractivity contribution in [2.45, 2.75) is 22.9 Å². The maximum Gasteiger partial charge on any atom is 0.194 e. The van der Waals surface area contributed by atoms with E-state index in [0.29, 0.717) is 0 Å². The molecule has 6 heteroatoms. The van der Waals surface area contributed by atoms with Crippen molar-refractivity contribution in [1.82, 2.24) is 0 Å². The molecule has 0 spiro atoms. The van der Waals surface area contributed by atoms with Gasteiger partial charge in [0, 0.05) is 0 Å². The summed E-state index contributed by atoms with van der Waals surface area (Å²) in [7, 11) is 0. The van der Waals surface area contributed by atoms with Crippen molar-refractivity contribution in [1.29, 1.82) is 0 Å². The van der Waals surface area contributed by atoms with Crippen LogP contribution in [0, 0.1) is 0 Å². The average molecular weight is 194 g/mol. The monoisotopic (exact) mass is 194 g/mol. The molecule has 1 heterocycles. The Bertz CT molecular complexity index is 185. The summed E-state index contributed by atoms with van der Waals surface area (Å²) in [5, 5.41) is 35.0. The predicted octanol–water partition coefficient (Wildman–Crippen LogP) is -2.30. The van der Waals surface area contributed by atoms with Crippen LogP contribution >= 0.6 is 11.8 Å². The number of rotatable bonds is 1. The molecule has 1 saturated heterocycles. The Morgan fingerprint density at radius 1 is 1.25 bits per heavy atom. The largest absolute Gasteiger partial charge is 0.395 e. The zero-order valence-electron chi connectivity index (χ0n) is 6.12. The minimum absolute atomic E-state index is 0.401. The van der Waals surface area contributed by atoms with E-state index >= 15 is 0 Å². The number of ketones is 1. The topological polar surface area (TPSA) is 98.0 Å².